The molecule has 2 rings (SSSR count). The highest BCUT2D eigenvalue weighted by molar-refractivity contribution is 5.42. The molecule has 21 heavy (non-hydrogen) atoms. The van der Waals surface area contributed by atoms with E-state index in [1.165, 1.54) is 5.56 Å². The highest BCUT2D eigenvalue weighted by Crippen LogP contribution is 2.24. The zero-order chi connectivity index (χ0) is 15.1. The Bertz CT molecular complexity index is 526. The van der Waals surface area contributed by atoms with Crippen LogP contribution in [0.4, 0.5) is 5.69 Å². The molecule has 1 N–H and O–H groups in total. The molecule has 0 aliphatic rings. The van der Waals surface area contributed by atoms with Crippen LogP contribution in [0.1, 0.15) is 32.8 Å². The summed E-state index contributed by atoms with van der Waals surface area (Å²) >= 11 is 0. The molecule has 0 aliphatic heterocycles. The van der Waals surface area contributed by atoms with E-state index in [0.29, 0.717) is 0 Å². The van der Waals surface area contributed by atoms with Gasteiger partial charge in [0.05, 0.1) is 6.61 Å². The van der Waals surface area contributed by atoms with Crippen molar-refractivity contribution in [3.05, 3.63) is 60.2 Å². The molecule has 0 radical (unpaired) electrons. The van der Waals surface area contributed by atoms with Gasteiger partial charge in [0.2, 0.25) is 0 Å². The largest absolute Gasteiger partial charge is 0.494 e. The quantitative estimate of drug-likeness (QED) is 0.764. The molecular weight excluding hydrogens is 258 g/mol. The van der Waals surface area contributed by atoms with Crippen LogP contribution in [-0.4, -0.2) is 13.2 Å². The fourth-order valence-corrected chi connectivity index (χ4v) is 2.10. The highest BCUT2D eigenvalue weighted by atomic mass is 16.5. The summed E-state index contributed by atoms with van der Waals surface area (Å²) in [7, 11) is 0. The van der Waals surface area contributed by atoms with Gasteiger partial charge < -0.3 is 10.1 Å². The first-order valence-electron chi connectivity index (χ1n) is 7.58. The Morgan fingerprint density at radius 3 is 2.19 bits per heavy atom. The lowest BCUT2D eigenvalue weighted by molar-refractivity contribution is 0.315. The second-order valence-corrected chi connectivity index (χ2v) is 6.27. The molecule has 0 saturated carbocycles. The summed E-state index contributed by atoms with van der Waals surface area (Å²) < 4.78 is 5.77. The van der Waals surface area contributed by atoms with Gasteiger partial charge in [0.1, 0.15) is 5.75 Å². The number of rotatable bonds is 6. The molecule has 2 nitrogen and oxygen atoms in total. The van der Waals surface area contributed by atoms with Gasteiger partial charge in [-0.2, -0.15) is 0 Å². The Morgan fingerprint density at radius 2 is 1.57 bits per heavy atom. The Morgan fingerprint density at radius 1 is 0.905 bits per heavy atom. The van der Waals surface area contributed by atoms with Crippen molar-refractivity contribution in [2.75, 3.05) is 18.5 Å². The number of benzene rings is 2. The summed E-state index contributed by atoms with van der Waals surface area (Å²) in [5, 5.41) is 3.38. The highest BCUT2D eigenvalue weighted by Gasteiger charge is 2.12. The van der Waals surface area contributed by atoms with E-state index in [0.717, 1.165) is 31.0 Å². The summed E-state index contributed by atoms with van der Waals surface area (Å²) in [4.78, 5) is 0. The van der Waals surface area contributed by atoms with E-state index in [2.05, 4.69) is 62.5 Å². The summed E-state index contributed by atoms with van der Waals surface area (Å²) in [6, 6.07) is 18.7. The minimum absolute atomic E-state index is 0.193. The third-order valence-corrected chi connectivity index (χ3v) is 3.41. The maximum absolute atomic E-state index is 5.77. The van der Waals surface area contributed by atoms with E-state index in [4.69, 9.17) is 4.74 Å². The van der Waals surface area contributed by atoms with Crippen LogP contribution < -0.4 is 10.1 Å². The van der Waals surface area contributed by atoms with Crippen LogP contribution in [0.25, 0.3) is 0 Å². The normalized spacial score (nSPS) is 11.2. The number of nitrogens with one attached hydrogen (secondary N) is 1. The van der Waals surface area contributed by atoms with E-state index in [-0.39, 0.29) is 5.41 Å². The lowest BCUT2D eigenvalue weighted by atomic mass is 9.87. The monoisotopic (exact) mass is 283 g/mol. The molecule has 0 heterocycles. The molecular formula is C19H25NO. The average molecular weight is 283 g/mol. The molecule has 0 unspecified atom stereocenters. The van der Waals surface area contributed by atoms with Crippen molar-refractivity contribution in [3.8, 4) is 5.75 Å². The molecule has 2 heteroatoms. The predicted octanol–water partition coefficient (Wildman–Crippen LogP) is 4.87. The predicted molar refractivity (Wildman–Crippen MR) is 90.2 cm³/mol. The molecule has 2 aromatic carbocycles. The first kappa shape index (κ1) is 15.4. The molecule has 0 aromatic heterocycles. The van der Waals surface area contributed by atoms with Crippen molar-refractivity contribution in [3.63, 3.8) is 0 Å². The van der Waals surface area contributed by atoms with Crippen LogP contribution in [0.15, 0.2) is 54.6 Å². The summed E-state index contributed by atoms with van der Waals surface area (Å²) in [5.41, 5.74) is 2.69. The molecule has 112 valence electrons. The van der Waals surface area contributed by atoms with Crippen molar-refractivity contribution >= 4 is 5.69 Å². The van der Waals surface area contributed by atoms with Crippen LogP contribution in [0, 0.1) is 0 Å². The number of hydrogen-bond acceptors (Lipinski definition) is 2. The Kier molecular flexibility index (Phi) is 5.26. The molecule has 0 saturated heterocycles. The minimum Gasteiger partial charge on any atom is -0.494 e. The average Bonchev–Trinajstić information content (AvgIpc) is 2.47. The standard InChI is InChI=1S/C19H25NO/c1-19(2,3)16-10-12-18(13-11-16)21-15-7-14-20-17-8-5-4-6-9-17/h4-6,8-13,20H,7,14-15H2,1-3H3. The van der Waals surface area contributed by atoms with Crippen molar-refractivity contribution in [1.82, 2.24) is 0 Å². The molecule has 2 aromatic rings. The van der Waals surface area contributed by atoms with Crippen molar-refractivity contribution in [2.24, 2.45) is 0 Å². The van der Waals surface area contributed by atoms with Crippen LogP contribution in [0.3, 0.4) is 0 Å². The Hall–Kier alpha value is -1.96. The fraction of sp³-hybridized carbons (Fsp3) is 0.368. The van der Waals surface area contributed by atoms with Gasteiger partial charge in [-0.3, -0.25) is 0 Å². The first-order valence-corrected chi connectivity index (χ1v) is 7.58. The number of anilines is 1. The maximum atomic E-state index is 5.77. The second kappa shape index (κ2) is 7.16. The number of para-hydroxylation sites is 1. The van der Waals surface area contributed by atoms with E-state index < -0.39 is 0 Å². The maximum Gasteiger partial charge on any atom is 0.119 e. The van der Waals surface area contributed by atoms with Gasteiger partial charge in [0.25, 0.3) is 0 Å². The van der Waals surface area contributed by atoms with E-state index in [1.807, 2.05) is 18.2 Å². The van der Waals surface area contributed by atoms with E-state index >= 15 is 0 Å². The van der Waals surface area contributed by atoms with Crippen molar-refractivity contribution in [1.29, 1.82) is 0 Å². The van der Waals surface area contributed by atoms with Crippen LogP contribution in [0.2, 0.25) is 0 Å². The third-order valence-electron chi connectivity index (χ3n) is 3.41. The van der Waals surface area contributed by atoms with Crippen LogP contribution in [0.5, 0.6) is 5.75 Å². The number of hydrogen-bond donors (Lipinski definition) is 1. The summed E-state index contributed by atoms with van der Waals surface area (Å²) in [6.07, 6.45) is 0.982. The van der Waals surface area contributed by atoms with Crippen LogP contribution in [-0.2, 0) is 5.41 Å². The molecule has 0 amide bonds. The lowest BCUT2D eigenvalue weighted by Crippen LogP contribution is -2.11. The molecule has 0 fully saturated rings. The topological polar surface area (TPSA) is 21.3 Å². The Labute approximate surface area is 128 Å². The molecule has 0 atom stereocenters. The number of ether oxygens (including phenoxy) is 1. The van der Waals surface area contributed by atoms with Gasteiger partial charge in [-0.1, -0.05) is 51.1 Å². The summed E-state index contributed by atoms with van der Waals surface area (Å²) in [5.74, 6) is 0.947. The van der Waals surface area contributed by atoms with E-state index in [1.54, 1.807) is 0 Å². The molecule has 0 bridgehead atoms. The lowest BCUT2D eigenvalue weighted by Gasteiger charge is -2.19. The fourth-order valence-electron chi connectivity index (χ4n) is 2.10. The third kappa shape index (κ3) is 5.14. The van der Waals surface area contributed by atoms with Gasteiger partial charge in [-0.15, -0.1) is 0 Å². The summed E-state index contributed by atoms with van der Waals surface area (Å²) in [6.45, 7) is 8.31. The van der Waals surface area contributed by atoms with Gasteiger partial charge in [0.15, 0.2) is 0 Å². The van der Waals surface area contributed by atoms with Crippen molar-refractivity contribution in [2.45, 2.75) is 32.6 Å². The SMILES string of the molecule is CC(C)(C)c1ccc(OCCCNc2ccccc2)cc1. The molecule has 0 spiro atoms. The van der Waals surface area contributed by atoms with Crippen molar-refractivity contribution < 1.29 is 4.74 Å². The minimum atomic E-state index is 0.193. The zero-order valence-corrected chi connectivity index (χ0v) is 13.2. The smallest absolute Gasteiger partial charge is 0.119 e. The van der Waals surface area contributed by atoms with Crippen LogP contribution >= 0.6 is 0 Å². The Balaban J connectivity index is 1.69. The van der Waals surface area contributed by atoms with Gasteiger partial charge in [0, 0.05) is 12.2 Å². The molecule has 0 aliphatic carbocycles. The zero-order valence-electron chi connectivity index (χ0n) is 13.2. The van der Waals surface area contributed by atoms with E-state index in [9.17, 15) is 0 Å². The first-order chi connectivity index (χ1) is 10.1. The van der Waals surface area contributed by atoms with Gasteiger partial charge in [-0.25, -0.2) is 0 Å². The second-order valence-electron chi connectivity index (χ2n) is 6.27. The van der Waals surface area contributed by atoms with Gasteiger partial charge in [-0.05, 0) is 41.7 Å². The van der Waals surface area contributed by atoms with Gasteiger partial charge >= 0.3 is 0 Å².